The molecule has 4 N–H and O–H groups in total. The maximum atomic E-state index is 9.22. The fourth-order valence-corrected chi connectivity index (χ4v) is 1.12. The molecular weight excluding hydrogens is 133 g/mol. The summed E-state index contributed by atoms with van der Waals surface area (Å²) in [5.41, 5.74) is 5.50. The second kappa shape index (κ2) is 2.88. The molecule has 0 aromatic carbocycles. The van der Waals surface area contributed by atoms with E-state index in [0.717, 1.165) is 0 Å². The van der Waals surface area contributed by atoms with Crippen LogP contribution in [0.15, 0.2) is 0 Å². The zero-order valence-electron chi connectivity index (χ0n) is 5.90. The molecule has 0 spiro atoms. The van der Waals surface area contributed by atoms with E-state index >= 15 is 0 Å². The molecule has 0 aromatic heterocycles. The van der Waals surface area contributed by atoms with Gasteiger partial charge in [0.1, 0.15) is 14.0 Å². The summed E-state index contributed by atoms with van der Waals surface area (Å²) in [5, 5.41) is 17.8. The maximum Gasteiger partial charge on any atom is 0.141 e. The Morgan fingerprint density at radius 1 is 1.60 bits per heavy atom. The van der Waals surface area contributed by atoms with Gasteiger partial charge in [0.05, 0.1) is 18.8 Å². The smallest absolute Gasteiger partial charge is 0.141 e. The number of aliphatic hydroxyl groups excluding tert-OH is 2. The van der Waals surface area contributed by atoms with Crippen LogP contribution in [0, 0.1) is 0 Å². The highest BCUT2D eigenvalue weighted by molar-refractivity contribution is 6.11. The van der Waals surface area contributed by atoms with Gasteiger partial charge in [-0.15, -0.1) is 0 Å². The molecule has 1 aliphatic rings. The van der Waals surface area contributed by atoms with Crippen molar-refractivity contribution in [3.05, 3.63) is 0 Å². The van der Waals surface area contributed by atoms with Crippen molar-refractivity contribution in [2.45, 2.75) is 24.3 Å². The highest BCUT2D eigenvalue weighted by Gasteiger charge is 2.37. The minimum atomic E-state index is -0.722. The lowest BCUT2D eigenvalue weighted by Gasteiger charge is -2.11. The SMILES string of the molecule is B[C@@H]1O[C@H](CO)C(O)[C@@H]1N. The van der Waals surface area contributed by atoms with E-state index in [2.05, 4.69) is 0 Å². The maximum absolute atomic E-state index is 9.22. The number of hydrogen-bond acceptors (Lipinski definition) is 4. The molecule has 0 aromatic rings. The van der Waals surface area contributed by atoms with Crippen LogP contribution >= 0.6 is 0 Å². The van der Waals surface area contributed by atoms with Crippen LogP contribution < -0.4 is 5.73 Å². The molecular formula is C5H12BNO3. The van der Waals surface area contributed by atoms with Crippen LogP contribution in [0.25, 0.3) is 0 Å². The Morgan fingerprint density at radius 3 is 2.40 bits per heavy atom. The summed E-state index contributed by atoms with van der Waals surface area (Å²) in [6.45, 7) is -0.167. The molecule has 1 aliphatic heterocycles. The van der Waals surface area contributed by atoms with E-state index in [1.165, 1.54) is 0 Å². The van der Waals surface area contributed by atoms with Crippen molar-refractivity contribution in [1.29, 1.82) is 0 Å². The second-order valence-electron chi connectivity index (χ2n) is 2.63. The molecule has 0 amide bonds. The molecule has 0 bridgehead atoms. The van der Waals surface area contributed by atoms with Gasteiger partial charge in [0.15, 0.2) is 0 Å². The van der Waals surface area contributed by atoms with Gasteiger partial charge in [0.2, 0.25) is 0 Å². The minimum absolute atomic E-state index is 0.160. The van der Waals surface area contributed by atoms with Crippen LogP contribution in [-0.2, 0) is 4.74 Å². The first-order chi connectivity index (χ1) is 4.66. The van der Waals surface area contributed by atoms with Gasteiger partial charge >= 0.3 is 0 Å². The third-order valence-electron chi connectivity index (χ3n) is 1.89. The molecule has 58 valence electrons. The summed E-state index contributed by atoms with van der Waals surface area (Å²) in [6, 6.07) is -0.524. The first-order valence-electron chi connectivity index (χ1n) is 3.36. The number of hydrogen-bond donors (Lipinski definition) is 3. The van der Waals surface area contributed by atoms with Crippen molar-refractivity contribution in [3.63, 3.8) is 0 Å². The summed E-state index contributed by atoms with van der Waals surface area (Å²) in [5.74, 6) is 0. The third kappa shape index (κ3) is 1.18. The van der Waals surface area contributed by atoms with E-state index in [9.17, 15) is 5.11 Å². The van der Waals surface area contributed by atoms with Crippen LogP contribution in [0.5, 0.6) is 0 Å². The van der Waals surface area contributed by atoms with E-state index in [1.54, 1.807) is 7.85 Å². The van der Waals surface area contributed by atoms with Gasteiger partial charge < -0.3 is 20.7 Å². The Labute approximate surface area is 60.4 Å². The van der Waals surface area contributed by atoms with Crippen molar-refractivity contribution in [2.24, 2.45) is 5.73 Å². The van der Waals surface area contributed by atoms with E-state index in [-0.39, 0.29) is 18.7 Å². The van der Waals surface area contributed by atoms with E-state index in [1.807, 2.05) is 0 Å². The zero-order chi connectivity index (χ0) is 7.72. The molecule has 1 unspecified atom stereocenters. The standard InChI is InChI=1S/C5H12BNO3/c6-5-3(7)4(9)2(1-8)10-5/h2-5,8-9H,1,6-7H2/t2-,3+,4?,5-/m1/s1. The van der Waals surface area contributed by atoms with Crippen molar-refractivity contribution >= 4 is 7.85 Å². The Morgan fingerprint density at radius 2 is 2.20 bits per heavy atom. The highest BCUT2D eigenvalue weighted by Crippen LogP contribution is 2.16. The van der Waals surface area contributed by atoms with Crippen molar-refractivity contribution < 1.29 is 14.9 Å². The molecule has 4 nitrogen and oxygen atoms in total. The molecule has 1 fully saturated rings. The molecule has 0 radical (unpaired) electrons. The summed E-state index contributed by atoms with van der Waals surface area (Å²) in [6.07, 6.45) is -1.22. The van der Waals surface area contributed by atoms with E-state index in [4.69, 9.17) is 15.6 Å². The zero-order valence-corrected chi connectivity index (χ0v) is 5.90. The number of nitrogens with two attached hydrogens (primary N) is 1. The summed E-state index contributed by atoms with van der Waals surface area (Å²) in [4.78, 5) is 0. The van der Waals surface area contributed by atoms with Crippen LogP contribution in [0.2, 0.25) is 0 Å². The van der Waals surface area contributed by atoms with Crippen molar-refractivity contribution in [3.8, 4) is 0 Å². The monoisotopic (exact) mass is 145 g/mol. The lowest BCUT2D eigenvalue weighted by Crippen LogP contribution is -2.41. The molecule has 1 saturated heterocycles. The van der Waals surface area contributed by atoms with Gasteiger partial charge in [-0.05, 0) is 0 Å². The van der Waals surface area contributed by atoms with Gasteiger partial charge in [-0.3, -0.25) is 0 Å². The molecule has 4 atom stereocenters. The molecule has 1 rings (SSSR count). The van der Waals surface area contributed by atoms with Crippen LogP contribution in [-0.4, -0.2) is 48.9 Å². The number of aliphatic hydroxyl groups is 2. The second-order valence-corrected chi connectivity index (χ2v) is 2.63. The predicted molar refractivity (Wildman–Crippen MR) is 38.3 cm³/mol. The summed E-state index contributed by atoms with van der Waals surface area (Å²) < 4.78 is 5.11. The Kier molecular flexibility index (Phi) is 2.30. The Bertz CT molecular complexity index is 123. The molecule has 1 heterocycles. The first kappa shape index (κ1) is 8.01. The first-order valence-corrected chi connectivity index (χ1v) is 3.36. The molecule has 0 saturated carbocycles. The summed E-state index contributed by atoms with van der Waals surface area (Å²) >= 11 is 0. The lowest BCUT2D eigenvalue weighted by molar-refractivity contribution is -0.00436. The average Bonchev–Trinajstić information content (AvgIpc) is 2.17. The summed E-state index contributed by atoms with van der Waals surface area (Å²) in [7, 11) is 1.78. The highest BCUT2D eigenvalue weighted by atomic mass is 16.5. The van der Waals surface area contributed by atoms with Gasteiger partial charge in [-0.1, -0.05) is 0 Å². The lowest BCUT2D eigenvalue weighted by atomic mass is 9.91. The van der Waals surface area contributed by atoms with Crippen molar-refractivity contribution in [2.75, 3.05) is 6.61 Å². The fraction of sp³-hybridized carbons (Fsp3) is 1.00. The van der Waals surface area contributed by atoms with E-state index < -0.39 is 12.2 Å². The Hall–Kier alpha value is -0.0951. The topological polar surface area (TPSA) is 75.7 Å². The van der Waals surface area contributed by atoms with Gasteiger partial charge in [-0.2, -0.15) is 0 Å². The van der Waals surface area contributed by atoms with Crippen molar-refractivity contribution in [1.82, 2.24) is 0 Å². The van der Waals surface area contributed by atoms with Crippen LogP contribution in [0.1, 0.15) is 0 Å². The minimum Gasteiger partial charge on any atom is -0.394 e. The average molecular weight is 145 g/mol. The predicted octanol–water partition coefficient (Wildman–Crippen LogP) is -2.98. The Balaban J connectivity index is 2.53. The number of rotatable bonds is 1. The normalized spacial score (nSPS) is 47.9. The van der Waals surface area contributed by atoms with Gasteiger partial charge in [0.25, 0.3) is 0 Å². The third-order valence-corrected chi connectivity index (χ3v) is 1.89. The van der Waals surface area contributed by atoms with Crippen LogP contribution in [0.3, 0.4) is 0 Å². The van der Waals surface area contributed by atoms with E-state index in [0.29, 0.717) is 0 Å². The van der Waals surface area contributed by atoms with Gasteiger partial charge in [-0.25, -0.2) is 0 Å². The fourth-order valence-electron chi connectivity index (χ4n) is 1.12. The molecule has 10 heavy (non-hydrogen) atoms. The quantitative estimate of drug-likeness (QED) is 0.344. The molecule has 0 aliphatic carbocycles. The largest absolute Gasteiger partial charge is 0.394 e. The van der Waals surface area contributed by atoms with Crippen LogP contribution in [0.4, 0.5) is 0 Å². The molecule has 5 heteroatoms. The van der Waals surface area contributed by atoms with Gasteiger partial charge in [0, 0.05) is 6.00 Å². The number of ether oxygens (including phenoxy) is 1.